The molecule has 0 aromatic carbocycles. The fraction of sp³-hybridized carbons (Fsp3) is 0.667. The number of rotatable bonds is 3. The average Bonchev–Trinajstić information content (AvgIpc) is 2.85. The number of hydrogen-bond acceptors (Lipinski definition) is 4. The number of hydrogen-bond donors (Lipinski definition) is 2. The molecule has 0 aliphatic carbocycles. The lowest BCUT2D eigenvalue weighted by Crippen LogP contribution is -2.33. The van der Waals surface area contributed by atoms with E-state index in [-0.39, 0.29) is 23.3 Å². The van der Waals surface area contributed by atoms with E-state index in [9.17, 15) is 8.42 Å². The standard InChI is InChI=1S/C9H16N4O2S.ClH/c1-7-9(5-11-12-7)16(14,15)13-4-3-8(6-13)10-2;/h5,8,10H,3-4,6H2,1-2H3,(H,11,12);1H. The van der Waals surface area contributed by atoms with Crippen LogP contribution < -0.4 is 5.32 Å². The molecule has 1 fully saturated rings. The topological polar surface area (TPSA) is 78.1 Å². The summed E-state index contributed by atoms with van der Waals surface area (Å²) in [5, 5.41) is 9.50. The molecule has 1 aliphatic heterocycles. The van der Waals surface area contributed by atoms with Crippen molar-refractivity contribution in [3.63, 3.8) is 0 Å². The number of aryl methyl sites for hydroxylation is 1. The van der Waals surface area contributed by atoms with Gasteiger partial charge in [0.15, 0.2) is 0 Å². The van der Waals surface area contributed by atoms with Crippen molar-refractivity contribution >= 4 is 22.4 Å². The molecule has 0 bridgehead atoms. The van der Waals surface area contributed by atoms with E-state index < -0.39 is 10.0 Å². The highest BCUT2D eigenvalue weighted by molar-refractivity contribution is 7.89. The van der Waals surface area contributed by atoms with Gasteiger partial charge in [-0.1, -0.05) is 0 Å². The Labute approximate surface area is 107 Å². The zero-order valence-corrected chi connectivity index (χ0v) is 11.4. The molecule has 17 heavy (non-hydrogen) atoms. The minimum Gasteiger partial charge on any atom is -0.316 e. The predicted octanol–water partition coefficient (Wildman–Crippen LogP) is 0.122. The lowest BCUT2D eigenvalue weighted by Gasteiger charge is -2.15. The highest BCUT2D eigenvalue weighted by Crippen LogP contribution is 2.22. The molecular formula is C9H17ClN4O2S. The number of likely N-dealkylation sites (N-methyl/N-ethyl adjacent to an activating group) is 1. The first-order valence-corrected chi connectivity index (χ1v) is 6.67. The van der Waals surface area contributed by atoms with Gasteiger partial charge < -0.3 is 5.32 Å². The number of aromatic nitrogens is 2. The zero-order valence-electron chi connectivity index (χ0n) is 9.80. The molecule has 1 atom stereocenters. The van der Waals surface area contributed by atoms with Gasteiger partial charge in [-0.25, -0.2) is 8.42 Å². The van der Waals surface area contributed by atoms with Crippen molar-refractivity contribution in [3.8, 4) is 0 Å². The van der Waals surface area contributed by atoms with Crippen LogP contribution in [0.15, 0.2) is 11.1 Å². The summed E-state index contributed by atoms with van der Waals surface area (Å²) in [5.41, 5.74) is 0.591. The van der Waals surface area contributed by atoms with Gasteiger partial charge in [-0.05, 0) is 20.4 Å². The van der Waals surface area contributed by atoms with Crippen molar-refractivity contribution in [2.45, 2.75) is 24.3 Å². The molecule has 98 valence electrons. The monoisotopic (exact) mass is 280 g/mol. The van der Waals surface area contributed by atoms with Crippen molar-refractivity contribution in [1.82, 2.24) is 19.8 Å². The second-order valence-electron chi connectivity index (χ2n) is 4.00. The molecule has 1 aromatic heterocycles. The van der Waals surface area contributed by atoms with Gasteiger partial charge in [0.2, 0.25) is 10.0 Å². The number of sulfonamides is 1. The van der Waals surface area contributed by atoms with E-state index in [2.05, 4.69) is 15.5 Å². The first kappa shape index (κ1) is 14.4. The predicted molar refractivity (Wildman–Crippen MR) is 66.8 cm³/mol. The molecule has 1 saturated heterocycles. The maximum absolute atomic E-state index is 12.2. The van der Waals surface area contributed by atoms with E-state index in [0.29, 0.717) is 18.8 Å². The van der Waals surface area contributed by atoms with Crippen LogP contribution in [0.3, 0.4) is 0 Å². The molecule has 8 heteroatoms. The Balaban J connectivity index is 0.00000144. The molecule has 1 unspecified atom stereocenters. The molecule has 1 aromatic rings. The van der Waals surface area contributed by atoms with E-state index in [1.165, 1.54) is 10.5 Å². The first-order chi connectivity index (χ1) is 7.55. The molecule has 2 heterocycles. The Morgan fingerprint density at radius 1 is 1.59 bits per heavy atom. The number of aromatic amines is 1. The van der Waals surface area contributed by atoms with Crippen LogP contribution in [0.1, 0.15) is 12.1 Å². The highest BCUT2D eigenvalue weighted by atomic mass is 35.5. The Kier molecular flexibility index (Phi) is 4.54. The largest absolute Gasteiger partial charge is 0.316 e. The summed E-state index contributed by atoms with van der Waals surface area (Å²) in [6, 6.07) is 0.252. The third-order valence-electron chi connectivity index (χ3n) is 2.96. The summed E-state index contributed by atoms with van der Waals surface area (Å²) in [5.74, 6) is 0. The molecule has 0 radical (unpaired) electrons. The smallest absolute Gasteiger partial charge is 0.246 e. The van der Waals surface area contributed by atoms with E-state index >= 15 is 0 Å². The Morgan fingerprint density at radius 2 is 2.29 bits per heavy atom. The van der Waals surface area contributed by atoms with Gasteiger partial charge in [-0.15, -0.1) is 12.4 Å². The van der Waals surface area contributed by atoms with E-state index in [1.807, 2.05) is 7.05 Å². The number of H-pyrrole nitrogens is 1. The van der Waals surface area contributed by atoms with Gasteiger partial charge in [-0.2, -0.15) is 9.40 Å². The maximum atomic E-state index is 12.2. The van der Waals surface area contributed by atoms with Gasteiger partial charge in [-0.3, -0.25) is 5.10 Å². The fourth-order valence-corrected chi connectivity index (χ4v) is 3.54. The molecule has 1 aliphatic rings. The lowest BCUT2D eigenvalue weighted by molar-refractivity contribution is 0.464. The van der Waals surface area contributed by atoms with Crippen LogP contribution in [0.4, 0.5) is 0 Å². The van der Waals surface area contributed by atoms with E-state index in [4.69, 9.17) is 0 Å². The maximum Gasteiger partial charge on any atom is 0.246 e. The third-order valence-corrected chi connectivity index (χ3v) is 4.94. The summed E-state index contributed by atoms with van der Waals surface area (Å²) < 4.78 is 25.9. The van der Waals surface area contributed by atoms with E-state index in [0.717, 1.165) is 6.42 Å². The molecule has 0 amide bonds. The highest BCUT2D eigenvalue weighted by Gasteiger charge is 2.33. The molecule has 2 N–H and O–H groups in total. The minimum absolute atomic E-state index is 0. The SMILES string of the molecule is CNC1CCN(S(=O)(=O)c2cn[nH]c2C)C1.Cl. The van der Waals surface area contributed by atoms with Crippen molar-refractivity contribution in [2.75, 3.05) is 20.1 Å². The molecule has 6 nitrogen and oxygen atoms in total. The van der Waals surface area contributed by atoms with Crippen LogP contribution in [0, 0.1) is 6.92 Å². The van der Waals surface area contributed by atoms with Gasteiger partial charge in [0.25, 0.3) is 0 Å². The number of nitrogens with zero attached hydrogens (tertiary/aromatic N) is 2. The van der Waals surface area contributed by atoms with Crippen molar-refractivity contribution < 1.29 is 8.42 Å². The Bertz CT molecular complexity index is 473. The van der Waals surface area contributed by atoms with Gasteiger partial charge in [0.05, 0.1) is 11.9 Å². The van der Waals surface area contributed by atoms with Crippen LogP contribution in [0.25, 0.3) is 0 Å². The molecule has 2 rings (SSSR count). The minimum atomic E-state index is -3.37. The number of halogens is 1. The van der Waals surface area contributed by atoms with Gasteiger partial charge >= 0.3 is 0 Å². The summed E-state index contributed by atoms with van der Waals surface area (Å²) in [6.45, 7) is 2.81. The van der Waals surface area contributed by atoms with Gasteiger partial charge in [0.1, 0.15) is 4.90 Å². The Hall–Kier alpha value is -0.630. The summed E-state index contributed by atoms with van der Waals surface area (Å²) in [6.07, 6.45) is 2.23. The van der Waals surface area contributed by atoms with Crippen LogP contribution >= 0.6 is 12.4 Å². The van der Waals surface area contributed by atoms with Crippen molar-refractivity contribution in [3.05, 3.63) is 11.9 Å². The molecular weight excluding hydrogens is 264 g/mol. The third kappa shape index (κ3) is 2.62. The van der Waals surface area contributed by atoms with Crippen molar-refractivity contribution in [1.29, 1.82) is 0 Å². The molecule has 0 spiro atoms. The van der Waals surface area contributed by atoms with Gasteiger partial charge in [0, 0.05) is 19.1 Å². The van der Waals surface area contributed by atoms with Crippen LogP contribution in [0.2, 0.25) is 0 Å². The lowest BCUT2D eigenvalue weighted by atomic mass is 10.3. The zero-order chi connectivity index (χ0) is 11.8. The quantitative estimate of drug-likeness (QED) is 0.825. The normalized spacial score (nSPS) is 21.4. The van der Waals surface area contributed by atoms with Crippen LogP contribution in [-0.4, -0.2) is 49.1 Å². The summed E-state index contributed by atoms with van der Waals surface area (Å²) in [4.78, 5) is 0.282. The second-order valence-corrected chi connectivity index (χ2v) is 5.90. The summed E-state index contributed by atoms with van der Waals surface area (Å²) in [7, 11) is -1.52. The van der Waals surface area contributed by atoms with Crippen molar-refractivity contribution in [2.24, 2.45) is 0 Å². The average molecular weight is 281 g/mol. The van der Waals surface area contributed by atoms with Crippen LogP contribution in [-0.2, 0) is 10.0 Å². The van der Waals surface area contributed by atoms with E-state index in [1.54, 1.807) is 6.92 Å². The first-order valence-electron chi connectivity index (χ1n) is 5.23. The summed E-state index contributed by atoms with van der Waals surface area (Å²) >= 11 is 0. The second kappa shape index (κ2) is 5.34. The number of nitrogens with one attached hydrogen (secondary N) is 2. The Morgan fingerprint density at radius 3 is 2.76 bits per heavy atom. The van der Waals surface area contributed by atoms with Crippen LogP contribution in [0.5, 0.6) is 0 Å². The fourth-order valence-electron chi connectivity index (χ4n) is 1.92. The molecule has 0 saturated carbocycles.